The fourth-order valence-electron chi connectivity index (χ4n) is 4.02. The molecule has 2 fully saturated rings. The van der Waals surface area contributed by atoms with Crippen LogP contribution in [0.15, 0.2) is 6.20 Å². The summed E-state index contributed by atoms with van der Waals surface area (Å²) in [4.78, 5) is 16.6. The van der Waals surface area contributed by atoms with Crippen molar-refractivity contribution < 1.29 is 9.53 Å². The molecule has 2 saturated heterocycles. The number of rotatable bonds is 7. The zero-order valence-corrected chi connectivity index (χ0v) is 16.0. The number of nitrogens with zero attached hydrogens (tertiary/aromatic N) is 4. The molecule has 0 saturated carbocycles. The Hall–Kier alpha value is -1.56. The average molecular weight is 348 g/mol. The highest BCUT2D eigenvalue weighted by atomic mass is 16.6. The van der Waals surface area contributed by atoms with Crippen LogP contribution in [0.2, 0.25) is 0 Å². The molecule has 6 nitrogen and oxygen atoms in total. The number of aromatic nitrogens is 2. The van der Waals surface area contributed by atoms with E-state index in [1.54, 1.807) is 0 Å². The minimum atomic E-state index is -0.248. The molecule has 0 radical (unpaired) electrons. The maximum absolute atomic E-state index is 12.2. The van der Waals surface area contributed by atoms with Crippen molar-refractivity contribution in [3.63, 3.8) is 0 Å². The minimum absolute atomic E-state index is 0.104. The lowest BCUT2D eigenvalue weighted by Gasteiger charge is -2.37. The number of amides is 1. The molecular weight excluding hydrogens is 316 g/mol. The molecule has 1 amide bonds. The van der Waals surface area contributed by atoms with Gasteiger partial charge in [0.15, 0.2) is 0 Å². The predicted molar refractivity (Wildman–Crippen MR) is 97.4 cm³/mol. The van der Waals surface area contributed by atoms with Crippen LogP contribution in [0.25, 0.3) is 0 Å². The van der Waals surface area contributed by atoms with E-state index in [1.807, 2.05) is 16.6 Å². The molecule has 6 heteroatoms. The van der Waals surface area contributed by atoms with Gasteiger partial charge in [0.05, 0.1) is 12.2 Å². The van der Waals surface area contributed by atoms with E-state index in [0.29, 0.717) is 0 Å². The van der Waals surface area contributed by atoms with Gasteiger partial charge in [-0.1, -0.05) is 26.2 Å². The summed E-state index contributed by atoms with van der Waals surface area (Å²) < 4.78 is 7.71. The Kier molecular flexibility index (Phi) is 5.67. The van der Waals surface area contributed by atoms with Crippen LogP contribution in [0.1, 0.15) is 56.7 Å². The average Bonchev–Trinajstić information content (AvgIpc) is 3.05. The first kappa shape index (κ1) is 18.2. The Morgan fingerprint density at radius 3 is 2.64 bits per heavy atom. The number of unbranched alkanes of at least 4 members (excludes halogenated alkanes) is 3. The van der Waals surface area contributed by atoms with Crippen LogP contribution in [0.3, 0.4) is 0 Å². The second-order valence-corrected chi connectivity index (χ2v) is 7.72. The molecule has 1 aromatic rings. The number of carbonyl (C=O) groups excluding carboxylic acids is 1. The molecule has 1 aromatic heterocycles. The third-order valence-electron chi connectivity index (χ3n) is 5.60. The minimum Gasteiger partial charge on any atom is -0.441 e. The zero-order chi connectivity index (χ0) is 17.9. The van der Waals surface area contributed by atoms with Crippen molar-refractivity contribution in [3.8, 4) is 0 Å². The summed E-state index contributed by atoms with van der Waals surface area (Å²) in [5, 5.41) is 4.42. The van der Waals surface area contributed by atoms with Gasteiger partial charge in [0, 0.05) is 57.8 Å². The number of ether oxygens (including phenoxy) is 1. The highest BCUT2D eigenvalue weighted by Gasteiger charge is 2.46. The highest BCUT2D eigenvalue weighted by molar-refractivity contribution is 5.70. The predicted octanol–water partition coefficient (Wildman–Crippen LogP) is 3.10. The van der Waals surface area contributed by atoms with Crippen LogP contribution >= 0.6 is 0 Å². The molecule has 0 unspecified atom stereocenters. The second-order valence-electron chi connectivity index (χ2n) is 7.72. The fraction of sp³-hybridized carbons (Fsp3) is 0.789. The van der Waals surface area contributed by atoms with Crippen LogP contribution in [-0.2, 0) is 18.3 Å². The summed E-state index contributed by atoms with van der Waals surface area (Å²) in [7, 11) is 1.97. The van der Waals surface area contributed by atoms with Crippen molar-refractivity contribution in [3.05, 3.63) is 17.5 Å². The van der Waals surface area contributed by atoms with Gasteiger partial charge in [-0.3, -0.25) is 9.58 Å². The molecule has 3 heterocycles. The van der Waals surface area contributed by atoms with Crippen LogP contribution in [-0.4, -0.2) is 57.5 Å². The summed E-state index contributed by atoms with van der Waals surface area (Å²) in [5.41, 5.74) is 2.15. The lowest BCUT2D eigenvalue weighted by molar-refractivity contribution is -0.00127. The molecule has 25 heavy (non-hydrogen) atoms. The molecular formula is C19H32N4O2. The Morgan fingerprint density at radius 2 is 2.00 bits per heavy atom. The van der Waals surface area contributed by atoms with Gasteiger partial charge < -0.3 is 9.64 Å². The van der Waals surface area contributed by atoms with Crippen LogP contribution in [0, 0.1) is 6.92 Å². The lowest BCUT2D eigenvalue weighted by Crippen LogP contribution is -2.46. The standard InChI is InChI=1S/C19H32N4O2/c1-4-5-6-7-10-23-15-19(25-18(23)24)8-11-22(12-9-19)14-17-13-21(3)20-16(17)2/h13H,4-12,14-15H2,1-3H3. The first-order valence-electron chi connectivity index (χ1n) is 9.71. The smallest absolute Gasteiger partial charge is 0.410 e. The summed E-state index contributed by atoms with van der Waals surface area (Å²) in [5.74, 6) is 0. The summed E-state index contributed by atoms with van der Waals surface area (Å²) in [6, 6.07) is 0. The van der Waals surface area contributed by atoms with Crippen molar-refractivity contribution in [2.75, 3.05) is 26.2 Å². The van der Waals surface area contributed by atoms with E-state index in [9.17, 15) is 4.79 Å². The zero-order valence-electron chi connectivity index (χ0n) is 16.0. The van der Waals surface area contributed by atoms with Gasteiger partial charge in [-0.2, -0.15) is 5.10 Å². The number of hydrogen-bond acceptors (Lipinski definition) is 4. The van der Waals surface area contributed by atoms with E-state index >= 15 is 0 Å². The fourth-order valence-corrected chi connectivity index (χ4v) is 4.02. The first-order valence-corrected chi connectivity index (χ1v) is 9.71. The molecule has 0 atom stereocenters. The Bertz CT molecular complexity index is 590. The number of aryl methyl sites for hydroxylation is 2. The Balaban J connectivity index is 1.48. The van der Waals surface area contributed by atoms with E-state index in [0.717, 1.165) is 57.7 Å². The van der Waals surface area contributed by atoms with Crippen molar-refractivity contribution in [1.82, 2.24) is 19.6 Å². The third-order valence-corrected chi connectivity index (χ3v) is 5.60. The molecule has 0 aromatic carbocycles. The van der Waals surface area contributed by atoms with E-state index in [4.69, 9.17) is 4.74 Å². The van der Waals surface area contributed by atoms with Crippen molar-refractivity contribution in [2.24, 2.45) is 7.05 Å². The number of hydrogen-bond donors (Lipinski definition) is 0. The van der Waals surface area contributed by atoms with Crippen molar-refractivity contribution >= 4 is 6.09 Å². The van der Waals surface area contributed by atoms with Crippen molar-refractivity contribution in [1.29, 1.82) is 0 Å². The maximum atomic E-state index is 12.2. The third kappa shape index (κ3) is 4.35. The van der Waals surface area contributed by atoms with Crippen LogP contribution in [0.4, 0.5) is 4.79 Å². The number of likely N-dealkylation sites (tertiary alicyclic amines) is 1. The topological polar surface area (TPSA) is 50.6 Å². The molecule has 0 N–H and O–H groups in total. The van der Waals surface area contributed by atoms with E-state index < -0.39 is 0 Å². The molecule has 0 aliphatic carbocycles. The van der Waals surface area contributed by atoms with Gasteiger partial charge in [0.1, 0.15) is 5.60 Å². The lowest BCUT2D eigenvalue weighted by atomic mass is 9.91. The van der Waals surface area contributed by atoms with Gasteiger partial charge in [0.25, 0.3) is 0 Å². The molecule has 0 bridgehead atoms. The summed E-state index contributed by atoms with van der Waals surface area (Å²) in [6.07, 6.45) is 8.63. The van der Waals surface area contributed by atoms with Gasteiger partial charge in [-0.15, -0.1) is 0 Å². The SMILES string of the molecule is CCCCCCN1CC2(CCN(Cc3cn(C)nc3C)CC2)OC1=O. The quantitative estimate of drug-likeness (QED) is 0.711. The summed E-state index contributed by atoms with van der Waals surface area (Å²) in [6.45, 7) is 8.79. The molecule has 3 rings (SSSR count). The monoisotopic (exact) mass is 348 g/mol. The van der Waals surface area contributed by atoms with Gasteiger partial charge in [-0.05, 0) is 13.3 Å². The molecule has 1 spiro atoms. The Labute approximate surface area is 151 Å². The first-order chi connectivity index (χ1) is 12.0. The Morgan fingerprint density at radius 1 is 1.24 bits per heavy atom. The van der Waals surface area contributed by atoms with Crippen molar-refractivity contribution in [2.45, 2.75) is 64.5 Å². The molecule has 2 aliphatic heterocycles. The van der Waals surface area contributed by atoms with E-state index in [1.165, 1.54) is 24.8 Å². The van der Waals surface area contributed by atoms with Crippen LogP contribution < -0.4 is 0 Å². The van der Waals surface area contributed by atoms with Gasteiger partial charge >= 0.3 is 6.09 Å². The van der Waals surface area contributed by atoms with Gasteiger partial charge in [-0.25, -0.2) is 4.79 Å². The van der Waals surface area contributed by atoms with Gasteiger partial charge in [0.2, 0.25) is 0 Å². The maximum Gasteiger partial charge on any atom is 0.410 e. The largest absolute Gasteiger partial charge is 0.441 e. The normalized spacial score (nSPS) is 20.4. The number of carbonyl (C=O) groups is 1. The second kappa shape index (κ2) is 7.77. The summed E-state index contributed by atoms with van der Waals surface area (Å²) >= 11 is 0. The van der Waals surface area contributed by atoms with E-state index in [-0.39, 0.29) is 11.7 Å². The molecule has 2 aliphatic rings. The highest BCUT2D eigenvalue weighted by Crippen LogP contribution is 2.34. The van der Waals surface area contributed by atoms with Crippen LogP contribution in [0.5, 0.6) is 0 Å². The molecule has 140 valence electrons. The van der Waals surface area contributed by atoms with E-state index in [2.05, 4.69) is 30.0 Å². The number of piperidine rings is 1.